The van der Waals surface area contributed by atoms with Crippen molar-refractivity contribution in [3.63, 3.8) is 0 Å². The Bertz CT molecular complexity index is 260. The molecular formula is C10H16N2O2. The third-order valence-electron chi connectivity index (χ3n) is 3.05. The normalized spacial score (nSPS) is 20.9. The molecule has 4 nitrogen and oxygen atoms in total. The van der Waals surface area contributed by atoms with E-state index in [1.54, 1.807) is 6.20 Å². The monoisotopic (exact) mass is 196 g/mol. The number of aliphatic hydroxyl groups is 1. The zero-order valence-corrected chi connectivity index (χ0v) is 8.22. The van der Waals surface area contributed by atoms with Crippen molar-refractivity contribution in [2.24, 2.45) is 0 Å². The highest BCUT2D eigenvalue weighted by atomic mass is 16.5. The smallest absolute Gasteiger partial charge is 0.0951 e. The fourth-order valence-electron chi connectivity index (χ4n) is 2.14. The van der Waals surface area contributed by atoms with Crippen molar-refractivity contribution in [3.05, 3.63) is 18.7 Å². The minimum absolute atomic E-state index is 0.0312. The van der Waals surface area contributed by atoms with E-state index in [1.165, 1.54) is 0 Å². The van der Waals surface area contributed by atoms with E-state index >= 15 is 0 Å². The average molecular weight is 196 g/mol. The number of rotatable bonds is 3. The second-order valence-corrected chi connectivity index (χ2v) is 3.78. The predicted molar refractivity (Wildman–Crippen MR) is 52.0 cm³/mol. The topological polar surface area (TPSA) is 47.3 Å². The predicted octanol–water partition coefficient (Wildman–Crippen LogP) is 0.771. The lowest BCUT2D eigenvalue weighted by atomic mass is 9.86. The summed E-state index contributed by atoms with van der Waals surface area (Å²) in [6.07, 6.45) is 8.30. The molecule has 0 amide bonds. The largest absolute Gasteiger partial charge is 0.396 e. The Kier molecular flexibility index (Phi) is 2.84. The molecule has 0 bridgehead atoms. The molecule has 0 radical (unpaired) electrons. The Morgan fingerprint density at radius 2 is 2.21 bits per heavy atom. The Hall–Kier alpha value is -0.870. The maximum absolute atomic E-state index is 9.11. The third kappa shape index (κ3) is 1.67. The van der Waals surface area contributed by atoms with Gasteiger partial charge in [0.1, 0.15) is 0 Å². The fraction of sp³-hybridized carbons (Fsp3) is 0.700. The van der Waals surface area contributed by atoms with Gasteiger partial charge in [0.2, 0.25) is 0 Å². The number of hydrogen-bond donors (Lipinski definition) is 1. The molecule has 0 spiro atoms. The molecule has 0 aliphatic carbocycles. The van der Waals surface area contributed by atoms with E-state index in [0.717, 1.165) is 32.5 Å². The molecule has 1 aromatic rings. The average Bonchev–Trinajstić information content (AvgIpc) is 2.73. The fourth-order valence-corrected chi connectivity index (χ4v) is 2.14. The molecule has 4 heteroatoms. The van der Waals surface area contributed by atoms with Crippen LogP contribution in [-0.2, 0) is 10.3 Å². The van der Waals surface area contributed by atoms with E-state index in [-0.39, 0.29) is 12.1 Å². The summed E-state index contributed by atoms with van der Waals surface area (Å²) in [7, 11) is 0. The Morgan fingerprint density at radius 3 is 2.79 bits per heavy atom. The molecule has 1 fully saturated rings. The second-order valence-electron chi connectivity index (χ2n) is 3.78. The van der Waals surface area contributed by atoms with Crippen molar-refractivity contribution in [3.8, 4) is 0 Å². The summed E-state index contributed by atoms with van der Waals surface area (Å²) < 4.78 is 7.47. The first-order valence-corrected chi connectivity index (χ1v) is 5.04. The molecule has 2 heterocycles. The van der Waals surface area contributed by atoms with E-state index in [9.17, 15) is 0 Å². The molecule has 1 saturated heterocycles. The molecule has 0 atom stereocenters. The zero-order chi connectivity index (χ0) is 9.86. The van der Waals surface area contributed by atoms with E-state index in [0.29, 0.717) is 0 Å². The van der Waals surface area contributed by atoms with Crippen LogP contribution < -0.4 is 0 Å². The van der Waals surface area contributed by atoms with Gasteiger partial charge in [-0.15, -0.1) is 0 Å². The van der Waals surface area contributed by atoms with Crippen LogP contribution in [0.2, 0.25) is 0 Å². The van der Waals surface area contributed by atoms with E-state index in [1.807, 2.05) is 12.5 Å². The lowest BCUT2D eigenvalue weighted by Gasteiger charge is -2.38. The SMILES string of the molecule is OCCC1(n2ccnc2)CCOCC1. The molecule has 14 heavy (non-hydrogen) atoms. The van der Waals surface area contributed by atoms with Crippen molar-refractivity contribution in [2.45, 2.75) is 24.8 Å². The van der Waals surface area contributed by atoms with Crippen LogP contribution in [0.4, 0.5) is 0 Å². The first kappa shape index (κ1) is 9.68. The number of ether oxygens (including phenoxy) is 1. The summed E-state index contributed by atoms with van der Waals surface area (Å²) in [5, 5.41) is 9.11. The van der Waals surface area contributed by atoms with Crippen molar-refractivity contribution in [2.75, 3.05) is 19.8 Å². The lowest BCUT2D eigenvalue weighted by molar-refractivity contribution is 0.00892. The summed E-state index contributed by atoms with van der Waals surface area (Å²) in [5.74, 6) is 0. The molecule has 0 unspecified atom stereocenters. The van der Waals surface area contributed by atoms with Crippen molar-refractivity contribution >= 4 is 0 Å². The zero-order valence-electron chi connectivity index (χ0n) is 8.22. The second kappa shape index (κ2) is 4.11. The van der Waals surface area contributed by atoms with Gasteiger partial charge in [0, 0.05) is 32.2 Å². The van der Waals surface area contributed by atoms with Crippen LogP contribution in [0.25, 0.3) is 0 Å². The van der Waals surface area contributed by atoms with Gasteiger partial charge in [-0.1, -0.05) is 0 Å². The van der Waals surface area contributed by atoms with Gasteiger partial charge in [-0.05, 0) is 19.3 Å². The molecule has 1 N–H and O–H groups in total. The highest BCUT2D eigenvalue weighted by Gasteiger charge is 2.33. The summed E-state index contributed by atoms with van der Waals surface area (Å²) in [6.45, 7) is 1.77. The summed E-state index contributed by atoms with van der Waals surface area (Å²) in [6, 6.07) is 0. The van der Waals surface area contributed by atoms with Gasteiger partial charge in [0.25, 0.3) is 0 Å². The van der Waals surface area contributed by atoms with Crippen LogP contribution in [0.5, 0.6) is 0 Å². The summed E-state index contributed by atoms with van der Waals surface area (Å²) >= 11 is 0. The van der Waals surface area contributed by atoms with Crippen LogP contribution in [-0.4, -0.2) is 34.5 Å². The minimum atomic E-state index is 0.0312. The first-order chi connectivity index (χ1) is 6.87. The number of imidazole rings is 1. The van der Waals surface area contributed by atoms with Gasteiger partial charge in [-0.25, -0.2) is 4.98 Å². The molecule has 0 aromatic carbocycles. The van der Waals surface area contributed by atoms with Gasteiger partial charge >= 0.3 is 0 Å². The standard InChI is InChI=1S/C10H16N2O2/c13-6-1-10(2-7-14-8-3-10)12-5-4-11-9-12/h4-5,9,13H,1-3,6-8H2. The van der Waals surface area contributed by atoms with E-state index in [4.69, 9.17) is 9.84 Å². The Labute approximate surface area is 83.5 Å². The Balaban J connectivity index is 2.20. The quantitative estimate of drug-likeness (QED) is 0.776. The molecule has 78 valence electrons. The van der Waals surface area contributed by atoms with Gasteiger partial charge in [-0.3, -0.25) is 0 Å². The molecular weight excluding hydrogens is 180 g/mol. The third-order valence-corrected chi connectivity index (χ3v) is 3.05. The number of aromatic nitrogens is 2. The molecule has 1 aromatic heterocycles. The van der Waals surface area contributed by atoms with Gasteiger partial charge in [-0.2, -0.15) is 0 Å². The number of hydrogen-bond acceptors (Lipinski definition) is 3. The van der Waals surface area contributed by atoms with Crippen LogP contribution in [0.1, 0.15) is 19.3 Å². The highest BCUT2D eigenvalue weighted by Crippen LogP contribution is 2.32. The van der Waals surface area contributed by atoms with Crippen LogP contribution >= 0.6 is 0 Å². The van der Waals surface area contributed by atoms with Crippen molar-refractivity contribution in [1.29, 1.82) is 0 Å². The molecule has 2 rings (SSSR count). The van der Waals surface area contributed by atoms with Crippen molar-refractivity contribution in [1.82, 2.24) is 9.55 Å². The maximum Gasteiger partial charge on any atom is 0.0951 e. The van der Waals surface area contributed by atoms with Crippen LogP contribution in [0, 0.1) is 0 Å². The van der Waals surface area contributed by atoms with Gasteiger partial charge in [0.05, 0.1) is 11.9 Å². The van der Waals surface area contributed by atoms with Gasteiger partial charge in [0.15, 0.2) is 0 Å². The Morgan fingerprint density at radius 1 is 1.43 bits per heavy atom. The maximum atomic E-state index is 9.11. The van der Waals surface area contributed by atoms with Gasteiger partial charge < -0.3 is 14.4 Å². The molecule has 1 aliphatic rings. The highest BCUT2D eigenvalue weighted by molar-refractivity contribution is 4.93. The number of aliphatic hydroxyl groups excluding tert-OH is 1. The number of nitrogens with zero attached hydrogens (tertiary/aromatic N) is 2. The van der Waals surface area contributed by atoms with Crippen LogP contribution in [0.15, 0.2) is 18.7 Å². The van der Waals surface area contributed by atoms with Crippen LogP contribution in [0.3, 0.4) is 0 Å². The van der Waals surface area contributed by atoms with Crippen molar-refractivity contribution < 1.29 is 9.84 Å². The lowest BCUT2D eigenvalue weighted by Crippen LogP contribution is -2.39. The first-order valence-electron chi connectivity index (χ1n) is 5.04. The minimum Gasteiger partial charge on any atom is -0.396 e. The van der Waals surface area contributed by atoms with E-state index in [2.05, 4.69) is 9.55 Å². The molecule has 1 aliphatic heterocycles. The van der Waals surface area contributed by atoms with E-state index < -0.39 is 0 Å². The molecule has 0 saturated carbocycles. The summed E-state index contributed by atoms with van der Waals surface area (Å²) in [5.41, 5.74) is 0.0312. The summed E-state index contributed by atoms with van der Waals surface area (Å²) in [4.78, 5) is 4.07.